The molecule has 0 aliphatic rings. The van der Waals surface area contributed by atoms with Crippen LogP contribution in [0.4, 0.5) is 0 Å². The van der Waals surface area contributed by atoms with Gasteiger partial charge in [-0.1, -0.05) is 25.6 Å². The Morgan fingerprint density at radius 2 is 1.50 bits per heavy atom. The zero-order valence-corrected chi connectivity index (χ0v) is 4.54. The van der Waals surface area contributed by atoms with E-state index in [9.17, 15) is 0 Å². The third-order valence-corrected chi connectivity index (χ3v) is 0.756. The largest absolute Gasteiger partial charge is 0.508 e. The van der Waals surface area contributed by atoms with Crippen molar-refractivity contribution in [3.05, 3.63) is 37.8 Å². The molecule has 8 heavy (non-hydrogen) atoms. The summed E-state index contributed by atoms with van der Waals surface area (Å²) in [6, 6.07) is 8.71. The first kappa shape index (κ1) is 7.02. The molecule has 1 aromatic rings. The molecular formula is C7H8O. The van der Waals surface area contributed by atoms with Crippen LogP contribution in [0, 0.1) is 7.43 Å². The zero-order valence-electron chi connectivity index (χ0n) is 4.54. The maximum atomic E-state index is 8.63. The Kier molecular flexibility index (Phi) is 2.70. The Labute approximate surface area is 49.6 Å². The van der Waals surface area contributed by atoms with Gasteiger partial charge in [0.2, 0.25) is 0 Å². The lowest BCUT2D eigenvalue weighted by Crippen LogP contribution is -1.56. The highest BCUT2D eigenvalue weighted by atomic mass is 16.3. The molecule has 1 heteroatoms. The molecule has 0 bridgehead atoms. The van der Waals surface area contributed by atoms with Crippen molar-refractivity contribution in [3.8, 4) is 5.75 Å². The van der Waals surface area contributed by atoms with Crippen molar-refractivity contribution in [1.82, 2.24) is 0 Å². The lowest BCUT2D eigenvalue weighted by Gasteiger charge is -1.82. The fourth-order valence-electron chi connectivity index (χ4n) is 0.428. The standard InChI is InChI=1S/C6H6O.CH2/c7-6-4-2-1-3-5-6;/h1-5,7H;1H2. The second-order valence-corrected chi connectivity index (χ2v) is 1.34. The van der Waals surface area contributed by atoms with Gasteiger partial charge in [-0.15, -0.1) is 0 Å². The summed E-state index contributed by atoms with van der Waals surface area (Å²) < 4.78 is 0. The smallest absolute Gasteiger partial charge is 0.115 e. The van der Waals surface area contributed by atoms with Crippen molar-refractivity contribution >= 4 is 0 Å². The number of benzene rings is 1. The first-order chi connectivity index (χ1) is 3.39. The molecule has 0 unspecified atom stereocenters. The van der Waals surface area contributed by atoms with Gasteiger partial charge in [0.25, 0.3) is 0 Å². The van der Waals surface area contributed by atoms with Crippen LogP contribution >= 0.6 is 0 Å². The van der Waals surface area contributed by atoms with Gasteiger partial charge >= 0.3 is 0 Å². The molecule has 0 heterocycles. The van der Waals surface area contributed by atoms with Gasteiger partial charge < -0.3 is 5.11 Å². The van der Waals surface area contributed by atoms with Crippen LogP contribution in [0.2, 0.25) is 0 Å². The predicted molar refractivity (Wildman–Crippen MR) is 33.5 cm³/mol. The Morgan fingerprint density at radius 1 is 1.00 bits per heavy atom. The molecule has 1 N–H and O–H groups in total. The quantitative estimate of drug-likeness (QED) is 0.536. The van der Waals surface area contributed by atoms with Gasteiger partial charge in [-0.3, -0.25) is 0 Å². The Hall–Kier alpha value is -0.980. The highest BCUT2D eigenvalue weighted by molar-refractivity contribution is 5.18. The number of aromatic hydroxyl groups is 1. The van der Waals surface area contributed by atoms with E-state index in [1.165, 1.54) is 0 Å². The van der Waals surface area contributed by atoms with Gasteiger partial charge in [0.15, 0.2) is 0 Å². The summed E-state index contributed by atoms with van der Waals surface area (Å²) in [7, 11) is 0. The van der Waals surface area contributed by atoms with Crippen LogP contribution in [0.5, 0.6) is 5.75 Å². The predicted octanol–water partition coefficient (Wildman–Crippen LogP) is 1.72. The highest BCUT2D eigenvalue weighted by Crippen LogP contribution is 2.02. The topological polar surface area (TPSA) is 20.2 Å². The van der Waals surface area contributed by atoms with Crippen molar-refractivity contribution < 1.29 is 5.11 Å². The van der Waals surface area contributed by atoms with E-state index < -0.39 is 0 Å². The monoisotopic (exact) mass is 108 g/mol. The summed E-state index contributed by atoms with van der Waals surface area (Å²) in [6.07, 6.45) is 0. The minimum absolute atomic E-state index is 0. The average molecular weight is 108 g/mol. The van der Waals surface area contributed by atoms with E-state index in [0.29, 0.717) is 5.75 Å². The van der Waals surface area contributed by atoms with Gasteiger partial charge in [0.05, 0.1) is 0 Å². The molecular weight excluding hydrogens is 100 g/mol. The molecule has 2 radical (unpaired) electrons. The molecule has 0 fully saturated rings. The van der Waals surface area contributed by atoms with Crippen molar-refractivity contribution in [2.24, 2.45) is 0 Å². The van der Waals surface area contributed by atoms with Crippen molar-refractivity contribution in [2.75, 3.05) is 0 Å². The summed E-state index contributed by atoms with van der Waals surface area (Å²) in [5, 5.41) is 8.63. The number of para-hydroxylation sites is 1. The summed E-state index contributed by atoms with van der Waals surface area (Å²) in [5.74, 6) is 0.322. The van der Waals surface area contributed by atoms with Crippen LogP contribution < -0.4 is 0 Å². The van der Waals surface area contributed by atoms with Crippen molar-refractivity contribution in [2.45, 2.75) is 0 Å². The van der Waals surface area contributed by atoms with Gasteiger partial charge in [-0.25, -0.2) is 0 Å². The number of rotatable bonds is 0. The fraction of sp³-hybridized carbons (Fsp3) is 0. The van der Waals surface area contributed by atoms with Gasteiger partial charge in [-0.2, -0.15) is 0 Å². The van der Waals surface area contributed by atoms with E-state index in [2.05, 4.69) is 0 Å². The SMILES string of the molecule is Oc1ccccc1.[CH2]. The van der Waals surface area contributed by atoms with Crippen LogP contribution in [-0.2, 0) is 0 Å². The van der Waals surface area contributed by atoms with Crippen LogP contribution in [0.3, 0.4) is 0 Å². The molecule has 0 saturated heterocycles. The minimum Gasteiger partial charge on any atom is -0.508 e. The molecule has 42 valence electrons. The molecule has 0 aromatic heterocycles. The molecule has 1 aromatic carbocycles. The van der Waals surface area contributed by atoms with Crippen molar-refractivity contribution in [3.63, 3.8) is 0 Å². The highest BCUT2D eigenvalue weighted by Gasteiger charge is 1.74. The molecule has 0 spiro atoms. The van der Waals surface area contributed by atoms with Crippen LogP contribution in [-0.4, -0.2) is 5.11 Å². The lowest BCUT2D eigenvalue weighted by molar-refractivity contribution is 0.475. The van der Waals surface area contributed by atoms with E-state index in [0.717, 1.165) is 0 Å². The summed E-state index contributed by atoms with van der Waals surface area (Å²) in [5.41, 5.74) is 0. The van der Waals surface area contributed by atoms with E-state index in [-0.39, 0.29) is 7.43 Å². The molecule has 1 nitrogen and oxygen atoms in total. The second-order valence-electron chi connectivity index (χ2n) is 1.34. The van der Waals surface area contributed by atoms with Gasteiger partial charge in [-0.05, 0) is 12.1 Å². The number of phenolic OH excluding ortho intramolecular Hbond substituents is 1. The maximum absolute atomic E-state index is 8.63. The van der Waals surface area contributed by atoms with Crippen molar-refractivity contribution in [1.29, 1.82) is 0 Å². The van der Waals surface area contributed by atoms with Gasteiger partial charge in [0.1, 0.15) is 5.75 Å². The lowest BCUT2D eigenvalue weighted by atomic mass is 10.3. The van der Waals surface area contributed by atoms with Crippen LogP contribution in [0.1, 0.15) is 0 Å². The normalized spacial score (nSPS) is 7.50. The average Bonchev–Trinajstić information content (AvgIpc) is 1.69. The molecule has 0 atom stereocenters. The molecule has 0 aliphatic carbocycles. The number of hydrogen-bond donors (Lipinski definition) is 1. The van der Waals surface area contributed by atoms with Crippen LogP contribution in [0.25, 0.3) is 0 Å². The third-order valence-electron chi connectivity index (χ3n) is 0.756. The molecule has 0 saturated carbocycles. The Balaban J connectivity index is 0.000000490. The zero-order chi connectivity index (χ0) is 5.11. The Morgan fingerprint density at radius 3 is 1.75 bits per heavy atom. The summed E-state index contributed by atoms with van der Waals surface area (Å²) in [6.45, 7) is 0. The van der Waals surface area contributed by atoms with Gasteiger partial charge in [0, 0.05) is 0 Å². The molecule has 0 aliphatic heterocycles. The summed E-state index contributed by atoms with van der Waals surface area (Å²) >= 11 is 0. The Bertz CT molecular complexity index is 134. The second kappa shape index (κ2) is 3.08. The fourth-order valence-corrected chi connectivity index (χ4v) is 0.428. The molecule has 0 amide bonds. The summed E-state index contributed by atoms with van der Waals surface area (Å²) in [4.78, 5) is 0. The molecule has 1 rings (SSSR count). The number of phenols is 1. The minimum atomic E-state index is 0. The third kappa shape index (κ3) is 1.65. The first-order valence-electron chi connectivity index (χ1n) is 2.13. The van der Waals surface area contributed by atoms with E-state index in [1.807, 2.05) is 6.07 Å². The van der Waals surface area contributed by atoms with E-state index in [1.54, 1.807) is 24.3 Å². The van der Waals surface area contributed by atoms with E-state index in [4.69, 9.17) is 5.11 Å². The van der Waals surface area contributed by atoms with Crippen LogP contribution in [0.15, 0.2) is 30.3 Å². The first-order valence-corrected chi connectivity index (χ1v) is 2.13. The van der Waals surface area contributed by atoms with E-state index >= 15 is 0 Å². The maximum Gasteiger partial charge on any atom is 0.115 e. The number of hydrogen-bond acceptors (Lipinski definition) is 1.